The molecular formula is C12H17Cl2N7O3. The average molecular weight is 378 g/mol. The second-order valence-corrected chi connectivity index (χ2v) is 4.22. The van der Waals surface area contributed by atoms with E-state index in [0.29, 0.717) is 23.6 Å². The molecule has 0 saturated heterocycles. The molecule has 1 aromatic carbocycles. The minimum atomic E-state index is -0.492. The second-order valence-electron chi connectivity index (χ2n) is 4.22. The zero-order chi connectivity index (χ0) is 16.1. The van der Waals surface area contributed by atoms with Gasteiger partial charge in [0.25, 0.3) is 11.6 Å². The van der Waals surface area contributed by atoms with Gasteiger partial charge in [-0.25, -0.2) is 10.1 Å². The van der Waals surface area contributed by atoms with Gasteiger partial charge in [0, 0.05) is 24.1 Å². The quantitative estimate of drug-likeness (QED) is 0.339. The predicted molar refractivity (Wildman–Crippen MR) is 94.9 cm³/mol. The van der Waals surface area contributed by atoms with Crippen molar-refractivity contribution < 1.29 is 9.66 Å². The molecule has 3 N–H and O–H groups in total. The number of nitrogens with two attached hydrogens (primary N) is 1. The molecule has 1 aromatic heterocycles. The van der Waals surface area contributed by atoms with Crippen molar-refractivity contribution in [3.05, 3.63) is 39.7 Å². The Morgan fingerprint density at radius 3 is 2.71 bits per heavy atom. The fourth-order valence-electron chi connectivity index (χ4n) is 1.74. The highest BCUT2D eigenvalue weighted by Gasteiger charge is 2.10. The summed E-state index contributed by atoms with van der Waals surface area (Å²) in [7, 11) is 1.47. The first-order valence-corrected chi connectivity index (χ1v) is 6.37. The Hall–Kier alpha value is -2.59. The lowest BCUT2D eigenvalue weighted by Gasteiger charge is -2.04. The highest BCUT2D eigenvalue weighted by molar-refractivity contribution is 5.86. The highest BCUT2D eigenvalue weighted by Crippen LogP contribution is 2.22. The summed E-state index contributed by atoms with van der Waals surface area (Å²) in [5.41, 5.74) is 3.01. The molecule has 24 heavy (non-hydrogen) atoms. The Balaban J connectivity index is 0.00000264. The normalized spacial score (nSPS) is 9.92. The topological polar surface area (TPSA) is 133 Å². The third-order valence-corrected chi connectivity index (χ3v) is 2.87. The molecule has 0 saturated carbocycles. The molecule has 132 valence electrons. The summed E-state index contributed by atoms with van der Waals surface area (Å²) in [5, 5.41) is 22.4. The Morgan fingerprint density at radius 1 is 1.46 bits per heavy atom. The van der Waals surface area contributed by atoms with E-state index in [2.05, 4.69) is 20.7 Å². The van der Waals surface area contributed by atoms with Crippen LogP contribution in [-0.4, -0.2) is 33.1 Å². The van der Waals surface area contributed by atoms with Crippen LogP contribution in [0.15, 0.2) is 23.3 Å². The van der Waals surface area contributed by atoms with E-state index in [1.54, 1.807) is 0 Å². The van der Waals surface area contributed by atoms with Gasteiger partial charge in [-0.1, -0.05) is 6.92 Å². The monoisotopic (exact) mass is 377 g/mol. The molecule has 0 fully saturated rings. The maximum absolute atomic E-state index is 10.8. The van der Waals surface area contributed by atoms with Gasteiger partial charge in [0.2, 0.25) is 0 Å². The van der Waals surface area contributed by atoms with Crippen LogP contribution in [-0.2, 0) is 6.42 Å². The number of anilines is 1. The maximum Gasteiger partial charge on any atom is 0.270 e. The van der Waals surface area contributed by atoms with Crippen LogP contribution < -0.4 is 16.0 Å². The Kier molecular flexibility index (Phi) is 8.50. The molecule has 0 radical (unpaired) electrons. The first kappa shape index (κ1) is 21.4. The number of hydrogen-bond acceptors (Lipinski definition) is 8. The number of methoxy groups -OCH3 is 1. The van der Waals surface area contributed by atoms with Gasteiger partial charge in [0.1, 0.15) is 5.75 Å². The van der Waals surface area contributed by atoms with Gasteiger partial charge in [-0.3, -0.25) is 10.1 Å². The van der Waals surface area contributed by atoms with E-state index in [-0.39, 0.29) is 36.4 Å². The fraction of sp³-hybridized carbons (Fsp3) is 0.250. The van der Waals surface area contributed by atoms with Crippen LogP contribution in [0.25, 0.3) is 0 Å². The molecule has 2 aromatic rings. The first-order valence-electron chi connectivity index (χ1n) is 6.37. The number of nitrogens with zero attached hydrogens (tertiary/aromatic N) is 5. The Morgan fingerprint density at radius 2 is 2.17 bits per heavy atom. The van der Waals surface area contributed by atoms with Crippen molar-refractivity contribution in [3.63, 3.8) is 0 Å². The van der Waals surface area contributed by atoms with Crippen molar-refractivity contribution in [1.29, 1.82) is 0 Å². The van der Waals surface area contributed by atoms with Gasteiger partial charge in [-0.2, -0.15) is 5.10 Å². The number of nitrogen functional groups attached to an aromatic ring is 1. The van der Waals surface area contributed by atoms with Crippen molar-refractivity contribution in [2.45, 2.75) is 13.3 Å². The predicted octanol–water partition coefficient (Wildman–Crippen LogP) is 1.76. The van der Waals surface area contributed by atoms with E-state index in [1.807, 2.05) is 6.92 Å². The SMILES string of the molecule is CCc1nnc(NN=Cc2cc([N+](=O)[O-])ccc2OC)n1N.Cl.Cl. The van der Waals surface area contributed by atoms with Crippen LogP contribution in [0.3, 0.4) is 0 Å². The number of nitro benzene ring substituents is 1. The number of ether oxygens (including phenoxy) is 1. The van der Waals surface area contributed by atoms with Crippen LogP contribution >= 0.6 is 24.8 Å². The molecule has 0 bridgehead atoms. The molecule has 12 heteroatoms. The summed E-state index contributed by atoms with van der Waals surface area (Å²) in [6, 6.07) is 4.21. The van der Waals surface area contributed by atoms with Gasteiger partial charge < -0.3 is 10.6 Å². The number of aryl methyl sites for hydroxylation is 1. The molecule has 0 aliphatic rings. The zero-order valence-corrected chi connectivity index (χ0v) is 14.5. The van der Waals surface area contributed by atoms with Crippen molar-refractivity contribution in [3.8, 4) is 5.75 Å². The maximum atomic E-state index is 10.8. The van der Waals surface area contributed by atoms with E-state index in [9.17, 15) is 10.1 Å². The lowest BCUT2D eigenvalue weighted by molar-refractivity contribution is -0.384. The summed E-state index contributed by atoms with van der Waals surface area (Å²) in [6.07, 6.45) is 2.01. The summed E-state index contributed by atoms with van der Waals surface area (Å²) in [5.74, 6) is 7.08. The summed E-state index contributed by atoms with van der Waals surface area (Å²) < 4.78 is 6.41. The third kappa shape index (κ3) is 4.70. The number of rotatable bonds is 6. The van der Waals surface area contributed by atoms with Gasteiger partial charge in [-0.05, 0) is 6.07 Å². The van der Waals surface area contributed by atoms with Crippen molar-refractivity contribution in [1.82, 2.24) is 14.9 Å². The minimum Gasteiger partial charge on any atom is -0.496 e. The Bertz CT molecular complexity index is 721. The van der Waals surface area contributed by atoms with Crippen molar-refractivity contribution in [2.75, 3.05) is 18.4 Å². The fourth-order valence-corrected chi connectivity index (χ4v) is 1.74. The van der Waals surface area contributed by atoms with Gasteiger partial charge in [0.05, 0.1) is 18.2 Å². The van der Waals surface area contributed by atoms with Crippen LogP contribution in [0.1, 0.15) is 18.3 Å². The Labute approximate surface area is 150 Å². The van der Waals surface area contributed by atoms with Crippen LogP contribution in [0, 0.1) is 10.1 Å². The summed E-state index contributed by atoms with van der Waals surface area (Å²) >= 11 is 0. The van der Waals surface area contributed by atoms with Crippen molar-refractivity contribution in [2.24, 2.45) is 5.10 Å². The number of aromatic nitrogens is 3. The van der Waals surface area contributed by atoms with Crippen LogP contribution in [0.4, 0.5) is 11.6 Å². The van der Waals surface area contributed by atoms with E-state index in [0.717, 1.165) is 0 Å². The molecular weight excluding hydrogens is 361 g/mol. The lowest BCUT2D eigenvalue weighted by atomic mass is 10.2. The lowest BCUT2D eigenvalue weighted by Crippen LogP contribution is -2.14. The van der Waals surface area contributed by atoms with Crippen LogP contribution in [0.5, 0.6) is 5.75 Å². The molecule has 1 heterocycles. The van der Waals surface area contributed by atoms with E-state index >= 15 is 0 Å². The molecule has 10 nitrogen and oxygen atoms in total. The van der Waals surface area contributed by atoms with Gasteiger partial charge in [0.15, 0.2) is 5.82 Å². The number of halogens is 2. The number of hydrazone groups is 1. The minimum absolute atomic E-state index is 0. The van der Waals surface area contributed by atoms with Gasteiger partial charge >= 0.3 is 0 Å². The molecule has 2 rings (SSSR count). The first-order chi connectivity index (χ1) is 10.6. The molecule has 0 amide bonds. The molecule has 0 aliphatic carbocycles. The van der Waals surface area contributed by atoms with Crippen molar-refractivity contribution >= 4 is 42.7 Å². The molecule has 0 aliphatic heterocycles. The number of non-ortho nitro benzene ring substituents is 1. The summed E-state index contributed by atoms with van der Waals surface area (Å²) in [6.45, 7) is 1.90. The van der Waals surface area contributed by atoms with Gasteiger partial charge in [-0.15, -0.1) is 35.0 Å². The van der Waals surface area contributed by atoms with E-state index in [4.69, 9.17) is 10.6 Å². The number of benzene rings is 1. The largest absolute Gasteiger partial charge is 0.496 e. The number of nitro groups is 1. The third-order valence-electron chi connectivity index (χ3n) is 2.87. The average Bonchev–Trinajstić information content (AvgIpc) is 2.87. The van der Waals surface area contributed by atoms with E-state index < -0.39 is 4.92 Å². The number of nitrogens with one attached hydrogen (secondary N) is 1. The molecule has 0 spiro atoms. The zero-order valence-electron chi connectivity index (χ0n) is 12.9. The molecule has 0 unspecified atom stereocenters. The summed E-state index contributed by atoms with van der Waals surface area (Å²) in [4.78, 5) is 10.3. The van der Waals surface area contributed by atoms with E-state index in [1.165, 1.54) is 36.2 Å². The molecule has 0 atom stereocenters. The standard InChI is InChI=1S/C12H15N7O3.2ClH/c1-3-11-15-17-12(18(11)13)16-14-7-8-6-9(19(20)21)4-5-10(8)22-2;;/h4-7H,3,13H2,1-2H3,(H,16,17);2*1H. The highest BCUT2D eigenvalue weighted by atomic mass is 35.5. The second kappa shape index (κ2) is 9.53. The van der Waals surface area contributed by atoms with Crippen LogP contribution in [0.2, 0.25) is 0 Å². The smallest absolute Gasteiger partial charge is 0.270 e. The number of hydrogen-bond donors (Lipinski definition) is 2.